The smallest absolute Gasteiger partial charge is 0.263 e. The highest BCUT2D eigenvalue weighted by molar-refractivity contribution is 7.92. The lowest BCUT2D eigenvalue weighted by atomic mass is 10.3. The van der Waals surface area contributed by atoms with Crippen molar-refractivity contribution in [1.82, 2.24) is 4.98 Å². The fraction of sp³-hybridized carbons (Fsp3) is 0.0769. The Balaban J connectivity index is 2.15. The number of halogens is 1. The minimum absolute atomic E-state index is 0.0972. The van der Waals surface area contributed by atoms with E-state index >= 15 is 0 Å². The molecule has 0 unspecified atom stereocenters. The van der Waals surface area contributed by atoms with Gasteiger partial charge in [0.2, 0.25) is 0 Å². The zero-order valence-electron chi connectivity index (χ0n) is 10.7. The third-order valence-corrected chi connectivity index (χ3v) is 3.75. The van der Waals surface area contributed by atoms with Crippen LogP contribution in [-0.4, -0.2) is 20.0 Å². The molecule has 1 aromatic heterocycles. The van der Waals surface area contributed by atoms with Crippen LogP contribution in [0.4, 0.5) is 10.1 Å². The number of nitrogens with one attached hydrogen (secondary N) is 1. The predicted molar refractivity (Wildman–Crippen MR) is 72.6 cm³/mol. The van der Waals surface area contributed by atoms with Gasteiger partial charge in [-0.25, -0.2) is 12.8 Å². The van der Waals surface area contributed by atoms with Gasteiger partial charge in [-0.2, -0.15) is 5.26 Å². The number of benzene rings is 1. The van der Waals surface area contributed by atoms with E-state index in [2.05, 4.69) is 9.71 Å². The topological polar surface area (TPSA) is 92.1 Å². The van der Waals surface area contributed by atoms with Crippen LogP contribution in [0.15, 0.2) is 47.6 Å². The molecule has 21 heavy (non-hydrogen) atoms. The molecule has 0 aliphatic heterocycles. The molecule has 0 saturated carbocycles. The van der Waals surface area contributed by atoms with Gasteiger partial charge in [-0.15, -0.1) is 0 Å². The summed E-state index contributed by atoms with van der Waals surface area (Å²) in [5.74, 6) is -0.301. The number of pyridine rings is 1. The standard InChI is InChI=1S/C13H10FN3O3S/c14-10-7-13(9-16-8-10)21(18,19)17-11-1-3-12(4-2-11)20-6-5-15/h1-4,7-9,17H,6H2. The molecule has 1 N–H and O–H groups in total. The first-order chi connectivity index (χ1) is 10.0. The number of hydrogen-bond acceptors (Lipinski definition) is 5. The van der Waals surface area contributed by atoms with Gasteiger partial charge in [0.1, 0.15) is 22.5 Å². The fourth-order valence-electron chi connectivity index (χ4n) is 1.49. The van der Waals surface area contributed by atoms with Gasteiger partial charge in [-0.1, -0.05) is 0 Å². The Morgan fingerprint density at radius 2 is 2.00 bits per heavy atom. The summed E-state index contributed by atoms with van der Waals surface area (Å²) >= 11 is 0. The Morgan fingerprint density at radius 1 is 1.29 bits per heavy atom. The summed E-state index contributed by atoms with van der Waals surface area (Å²) in [6.07, 6.45) is 1.97. The third kappa shape index (κ3) is 3.90. The van der Waals surface area contributed by atoms with Crippen LogP contribution < -0.4 is 9.46 Å². The SMILES string of the molecule is N#CCOc1ccc(NS(=O)(=O)c2cncc(F)c2)cc1. The molecule has 0 atom stereocenters. The van der Waals surface area contributed by atoms with E-state index in [0.29, 0.717) is 5.75 Å². The summed E-state index contributed by atoms with van der Waals surface area (Å²) in [7, 11) is -3.91. The lowest BCUT2D eigenvalue weighted by Gasteiger charge is -2.08. The van der Waals surface area contributed by atoms with E-state index in [4.69, 9.17) is 10.00 Å². The van der Waals surface area contributed by atoms with E-state index in [9.17, 15) is 12.8 Å². The molecule has 1 heterocycles. The molecule has 2 aromatic rings. The Labute approximate surface area is 120 Å². The number of hydrogen-bond donors (Lipinski definition) is 1. The number of aromatic nitrogens is 1. The van der Waals surface area contributed by atoms with E-state index in [1.165, 1.54) is 24.3 Å². The predicted octanol–water partition coefficient (Wildman–Crippen LogP) is 1.92. The molecule has 0 aliphatic carbocycles. The Hall–Kier alpha value is -2.66. The number of sulfonamides is 1. The van der Waals surface area contributed by atoms with E-state index in [1.54, 1.807) is 0 Å². The molecule has 1 aromatic carbocycles. The molecule has 6 nitrogen and oxygen atoms in total. The van der Waals surface area contributed by atoms with Gasteiger partial charge < -0.3 is 4.74 Å². The van der Waals surface area contributed by atoms with E-state index < -0.39 is 15.8 Å². The summed E-state index contributed by atoms with van der Waals surface area (Å²) < 4.78 is 44.4. The number of nitrogens with zero attached hydrogens (tertiary/aromatic N) is 2. The van der Waals surface area contributed by atoms with Gasteiger partial charge in [0.25, 0.3) is 10.0 Å². The zero-order chi connectivity index (χ0) is 15.3. The maximum atomic E-state index is 13.0. The van der Waals surface area contributed by atoms with Gasteiger partial charge in [0, 0.05) is 11.9 Å². The molecule has 0 aliphatic rings. The molecule has 2 rings (SSSR count). The lowest BCUT2D eigenvalue weighted by molar-refractivity contribution is 0.368. The second-order valence-corrected chi connectivity index (χ2v) is 5.60. The van der Waals surface area contributed by atoms with Crippen molar-refractivity contribution < 1.29 is 17.5 Å². The first-order valence-electron chi connectivity index (χ1n) is 5.74. The molecule has 8 heteroatoms. The van der Waals surface area contributed by atoms with Crippen LogP contribution in [0.2, 0.25) is 0 Å². The minimum Gasteiger partial charge on any atom is -0.479 e. The van der Waals surface area contributed by atoms with Crippen molar-refractivity contribution in [2.24, 2.45) is 0 Å². The van der Waals surface area contributed by atoms with Crippen molar-refractivity contribution in [3.63, 3.8) is 0 Å². The van der Waals surface area contributed by atoms with E-state index in [-0.39, 0.29) is 17.2 Å². The van der Waals surface area contributed by atoms with Crippen LogP contribution >= 0.6 is 0 Å². The second-order valence-electron chi connectivity index (χ2n) is 3.92. The summed E-state index contributed by atoms with van der Waals surface area (Å²) in [6, 6.07) is 8.66. The van der Waals surface area contributed by atoms with Crippen molar-refractivity contribution in [2.75, 3.05) is 11.3 Å². The highest BCUT2D eigenvalue weighted by Crippen LogP contribution is 2.19. The van der Waals surface area contributed by atoms with Crippen LogP contribution in [0.1, 0.15) is 0 Å². The molecule has 0 saturated heterocycles. The van der Waals surface area contributed by atoms with Gasteiger partial charge in [0.15, 0.2) is 6.61 Å². The molecule has 108 valence electrons. The number of ether oxygens (including phenoxy) is 1. The summed E-state index contributed by atoms with van der Waals surface area (Å²) in [6.45, 7) is -0.0972. The van der Waals surface area contributed by atoms with Crippen LogP contribution in [-0.2, 0) is 10.0 Å². The number of rotatable bonds is 5. The van der Waals surface area contributed by atoms with Crippen LogP contribution in [0.5, 0.6) is 5.75 Å². The lowest BCUT2D eigenvalue weighted by Crippen LogP contribution is -2.13. The molecule has 0 radical (unpaired) electrons. The Bertz CT molecular complexity index is 770. The second kappa shape index (κ2) is 6.19. The van der Waals surface area contributed by atoms with Crippen molar-refractivity contribution >= 4 is 15.7 Å². The largest absolute Gasteiger partial charge is 0.479 e. The first kappa shape index (κ1) is 14.7. The molecular weight excluding hydrogens is 297 g/mol. The first-order valence-corrected chi connectivity index (χ1v) is 7.23. The van der Waals surface area contributed by atoms with Crippen molar-refractivity contribution in [3.8, 4) is 11.8 Å². The summed E-state index contributed by atoms with van der Waals surface area (Å²) in [5, 5.41) is 8.38. The Kier molecular flexibility index (Phi) is 4.35. The number of nitriles is 1. The molecule has 0 bridgehead atoms. The molecule has 0 fully saturated rings. The van der Waals surface area contributed by atoms with Crippen LogP contribution in [0.3, 0.4) is 0 Å². The summed E-state index contributed by atoms with van der Waals surface area (Å²) in [4.78, 5) is 3.22. The van der Waals surface area contributed by atoms with Crippen LogP contribution in [0, 0.1) is 17.1 Å². The van der Waals surface area contributed by atoms with Crippen molar-refractivity contribution in [2.45, 2.75) is 4.90 Å². The Morgan fingerprint density at radius 3 is 2.62 bits per heavy atom. The van der Waals surface area contributed by atoms with Gasteiger partial charge in [-0.3, -0.25) is 9.71 Å². The number of anilines is 1. The fourth-order valence-corrected chi connectivity index (χ4v) is 2.52. The van der Waals surface area contributed by atoms with E-state index in [0.717, 1.165) is 18.5 Å². The monoisotopic (exact) mass is 307 g/mol. The molecular formula is C13H10FN3O3S. The van der Waals surface area contributed by atoms with Gasteiger partial charge >= 0.3 is 0 Å². The average Bonchev–Trinajstić information content (AvgIpc) is 2.46. The summed E-state index contributed by atoms with van der Waals surface area (Å²) in [5.41, 5.74) is 0.281. The quantitative estimate of drug-likeness (QED) is 0.911. The van der Waals surface area contributed by atoms with Gasteiger partial charge in [-0.05, 0) is 30.3 Å². The molecule has 0 spiro atoms. The average molecular weight is 307 g/mol. The van der Waals surface area contributed by atoms with Crippen molar-refractivity contribution in [3.05, 3.63) is 48.5 Å². The van der Waals surface area contributed by atoms with E-state index in [1.807, 2.05) is 6.07 Å². The molecule has 0 amide bonds. The maximum Gasteiger partial charge on any atom is 0.263 e. The van der Waals surface area contributed by atoms with Gasteiger partial charge in [0.05, 0.1) is 6.20 Å². The highest BCUT2D eigenvalue weighted by Gasteiger charge is 2.15. The highest BCUT2D eigenvalue weighted by atomic mass is 32.2. The third-order valence-electron chi connectivity index (χ3n) is 2.40. The minimum atomic E-state index is -3.91. The van der Waals surface area contributed by atoms with Crippen molar-refractivity contribution in [1.29, 1.82) is 5.26 Å². The van der Waals surface area contributed by atoms with Crippen LogP contribution in [0.25, 0.3) is 0 Å². The normalized spacial score (nSPS) is 10.7. The zero-order valence-corrected chi connectivity index (χ0v) is 11.5. The maximum absolute atomic E-state index is 13.0.